The molecule has 0 atom stereocenters. The first-order valence-electron chi connectivity index (χ1n) is 5.69. The van der Waals surface area contributed by atoms with Gasteiger partial charge in [0.25, 0.3) is 0 Å². The van der Waals surface area contributed by atoms with E-state index in [0.717, 1.165) is 12.8 Å². The van der Waals surface area contributed by atoms with E-state index in [4.69, 9.17) is 11.6 Å². The van der Waals surface area contributed by atoms with Gasteiger partial charge >= 0.3 is 5.82 Å². The SMILES string of the molecule is CCN(C(=O)Cn1cc(Cl)c([N+](=O)[O-])n1)C1CC1. The average molecular weight is 273 g/mol. The molecule has 18 heavy (non-hydrogen) atoms. The van der Waals surface area contributed by atoms with E-state index in [2.05, 4.69) is 5.10 Å². The highest BCUT2D eigenvalue weighted by Crippen LogP contribution is 2.27. The number of amides is 1. The minimum atomic E-state index is -0.665. The van der Waals surface area contributed by atoms with Gasteiger partial charge in [-0.1, -0.05) is 11.6 Å². The molecule has 1 heterocycles. The number of likely N-dealkylation sites (N-methyl/N-ethyl adjacent to an activating group) is 1. The molecule has 7 nitrogen and oxygen atoms in total. The normalized spacial score (nSPS) is 14.6. The Morgan fingerprint density at radius 1 is 1.72 bits per heavy atom. The van der Waals surface area contributed by atoms with E-state index in [9.17, 15) is 14.9 Å². The predicted molar refractivity (Wildman–Crippen MR) is 64.3 cm³/mol. The van der Waals surface area contributed by atoms with Crippen molar-refractivity contribution in [3.05, 3.63) is 21.3 Å². The molecule has 8 heteroatoms. The molecule has 0 aliphatic heterocycles. The lowest BCUT2D eigenvalue weighted by atomic mass is 10.4. The van der Waals surface area contributed by atoms with Gasteiger partial charge in [-0.05, 0) is 24.7 Å². The minimum Gasteiger partial charge on any atom is -0.358 e. The van der Waals surface area contributed by atoms with E-state index in [1.54, 1.807) is 4.90 Å². The fraction of sp³-hybridized carbons (Fsp3) is 0.600. The fourth-order valence-electron chi connectivity index (χ4n) is 1.85. The minimum absolute atomic E-state index is 0.0160. The quantitative estimate of drug-likeness (QED) is 0.600. The number of aromatic nitrogens is 2. The van der Waals surface area contributed by atoms with Crippen molar-refractivity contribution in [3.8, 4) is 0 Å². The summed E-state index contributed by atoms with van der Waals surface area (Å²) in [6, 6.07) is 0.323. The zero-order valence-corrected chi connectivity index (χ0v) is 10.6. The zero-order chi connectivity index (χ0) is 13.3. The molecule has 1 aromatic rings. The van der Waals surface area contributed by atoms with Crippen molar-refractivity contribution in [1.29, 1.82) is 0 Å². The molecule has 98 valence electrons. The van der Waals surface area contributed by atoms with Gasteiger partial charge in [-0.3, -0.25) is 4.79 Å². The van der Waals surface area contributed by atoms with Crippen molar-refractivity contribution in [2.75, 3.05) is 6.54 Å². The summed E-state index contributed by atoms with van der Waals surface area (Å²) in [5.74, 6) is -0.506. The largest absolute Gasteiger partial charge is 0.408 e. The Balaban J connectivity index is 2.06. The van der Waals surface area contributed by atoms with Crippen LogP contribution in [-0.4, -0.2) is 38.1 Å². The molecule has 0 unspecified atom stereocenters. The molecule has 0 saturated heterocycles. The van der Waals surface area contributed by atoms with E-state index >= 15 is 0 Å². The van der Waals surface area contributed by atoms with E-state index in [-0.39, 0.29) is 17.5 Å². The molecule has 0 bridgehead atoms. The maximum Gasteiger partial charge on any atom is 0.408 e. The van der Waals surface area contributed by atoms with Gasteiger partial charge in [0, 0.05) is 12.6 Å². The lowest BCUT2D eigenvalue weighted by Crippen LogP contribution is -2.35. The van der Waals surface area contributed by atoms with Crippen LogP contribution in [0.1, 0.15) is 19.8 Å². The van der Waals surface area contributed by atoms with Gasteiger partial charge in [0.1, 0.15) is 6.54 Å². The summed E-state index contributed by atoms with van der Waals surface area (Å²) in [6.45, 7) is 2.53. The Labute approximate surface area is 108 Å². The molecular weight excluding hydrogens is 260 g/mol. The summed E-state index contributed by atoms with van der Waals surface area (Å²) >= 11 is 5.66. The molecule has 0 N–H and O–H groups in total. The second kappa shape index (κ2) is 4.93. The molecule has 0 radical (unpaired) electrons. The van der Waals surface area contributed by atoms with E-state index in [0.29, 0.717) is 12.6 Å². The molecule has 2 rings (SSSR count). The van der Waals surface area contributed by atoms with Gasteiger partial charge in [-0.15, -0.1) is 0 Å². The van der Waals surface area contributed by atoms with Crippen LogP contribution in [-0.2, 0) is 11.3 Å². The predicted octanol–water partition coefficient (Wildman–Crippen LogP) is 1.46. The number of hydrogen-bond donors (Lipinski definition) is 0. The Hall–Kier alpha value is -1.63. The molecule has 1 aliphatic carbocycles. The van der Waals surface area contributed by atoms with Gasteiger partial charge in [-0.2, -0.15) is 4.68 Å². The van der Waals surface area contributed by atoms with Crippen LogP contribution in [0.25, 0.3) is 0 Å². The van der Waals surface area contributed by atoms with Crippen LogP contribution in [0.4, 0.5) is 5.82 Å². The highest BCUT2D eigenvalue weighted by Gasteiger charge is 2.32. The number of nitro groups is 1. The Bertz CT molecular complexity index is 483. The highest BCUT2D eigenvalue weighted by molar-refractivity contribution is 6.32. The average Bonchev–Trinajstić information content (AvgIpc) is 3.04. The number of hydrogen-bond acceptors (Lipinski definition) is 4. The standard InChI is InChI=1S/C10H13ClN4O3/c1-2-14(7-3-4-7)9(16)6-13-5-8(11)10(12-13)15(17)18/h5,7H,2-4,6H2,1H3. The highest BCUT2D eigenvalue weighted by atomic mass is 35.5. The fourth-order valence-corrected chi connectivity index (χ4v) is 2.06. The van der Waals surface area contributed by atoms with Gasteiger partial charge in [0.15, 0.2) is 5.02 Å². The van der Waals surface area contributed by atoms with Gasteiger partial charge in [0.2, 0.25) is 5.91 Å². The smallest absolute Gasteiger partial charge is 0.358 e. The molecule has 1 aromatic heterocycles. The summed E-state index contributed by atoms with van der Waals surface area (Å²) in [4.78, 5) is 23.6. The van der Waals surface area contributed by atoms with Crippen LogP contribution in [0.5, 0.6) is 0 Å². The number of carbonyl (C=O) groups is 1. The third-order valence-corrected chi connectivity index (χ3v) is 3.08. The van der Waals surface area contributed by atoms with Crippen LogP contribution < -0.4 is 0 Å². The van der Waals surface area contributed by atoms with E-state index < -0.39 is 10.7 Å². The number of nitrogens with zero attached hydrogens (tertiary/aromatic N) is 4. The van der Waals surface area contributed by atoms with Gasteiger partial charge in [0.05, 0.1) is 11.3 Å². The Kier molecular flexibility index (Phi) is 3.51. The number of carbonyl (C=O) groups excluding carboxylic acids is 1. The first-order chi connectivity index (χ1) is 8.52. The maximum atomic E-state index is 12.0. The molecular formula is C10H13ClN4O3. The van der Waals surface area contributed by atoms with Gasteiger partial charge in [-0.25, -0.2) is 0 Å². The lowest BCUT2D eigenvalue weighted by molar-refractivity contribution is -0.389. The maximum absolute atomic E-state index is 12.0. The Morgan fingerprint density at radius 2 is 2.39 bits per heavy atom. The molecule has 1 aliphatic rings. The monoisotopic (exact) mass is 272 g/mol. The van der Waals surface area contributed by atoms with Crippen molar-refractivity contribution in [2.24, 2.45) is 0 Å². The van der Waals surface area contributed by atoms with Crippen LogP contribution in [0.3, 0.4) is 0 Å². The summed E-state index contributed by atoms with van der Waals surface area (Å²) in [6.07, 6.45) is 3.36. The van der Waals surface area contributed by atoms with E-state index in [1.807, 2.05) is 6.92 Å². The topological polar surface area (TPSA) is 81.3 Å². The zero-order valence-electron chi connectivity index (χ0n) is 9.87. The van der Waals surface area contributed by atoms with Crippen molar-refractivity contribution in [3.63, 3.8) is 0 Å². The number of rotatable bonds is 5. The summed E-state index contributed by atoms with van der Waals surface area (Å²) in [5, 5.41) is 14.2. The van der Waals surface area contributed by atoms with Crippen molar-refractivity contribution in [2.45, 2.75) is 32.4 Å². The Morgan fingerprint density at radius 3 is 2.83 bits per heavy atom. The summed E-state index contributed by atoms with van der Waals surface area (Å²) in [7, 11) is 0. The molecule has 1 amide bonds. The van der Waals surface area contributed by atoms with Gasteiger partial charge < -0.3 is 15.0 Å². The van der Waals surface area contributed by atoms with Crippen LogP contribution in [0, 0.1) is 10.1 Å². The van der Waals surface area contributed by atoms with E-state index in [1.165, 1.54) is 10.9 Å². The van der Waals surface area contributed by atoms with Crippen LogP contribution in [0.2, 0.25) is 5.02 Å². The molecule has 0 spiro atoms. The lowest BCUT2D eigenvalue weighted by Gasteiger charge is -2.19. The van der Waals surface area contributed by atoms with Crippen LogP contribution in [0.15, 0.2) is 6.20 Å². The van der Waals surface area contributed by atoms with Crippen LogP contribution >= 0.6 is 11.6 Å². The molecule has 0 aromatic carbocycles. The third-order valence-electron chi connectivity index (χ3n) is 2.82. The van der Waals surface area contributed by atoms with Crippen molar-refractivity contribution >= 4 is 23.3 Å². The number of halogens is 1. The van der Waals surface area contributed by atoms with Crippen molar-refractivity contribution in [1.82, 2.24) is 14.7 Å². The second-order valence-electron chi connectivity index (χ2n) is 4.17. The first kappa shape index (κ1) is 12.8. The third kappa shape index (κ3) is 2.61. The second-order valence-corrected chi connectivity index (χ2v) is 4.57. The van der Waals surface area contributed by atoms with Crippen molar-refractivity contribution < 1.29 is 9.72 Å². The summed E-state index contributed by atoms with van der Waals surface area (Å²) < 4.78 is 1.22. The molecule has 1 fully saturated rings. The first-order valence-corrected chi connectivity index (χ1v) is 6.07. The molecule has 1 saturated carbocycles. The summed E-state index contributed by atoms with van der Waals surface area (Å²) in [5.41, 5.74) is 0.